The fourth-order valence-electron chi connectivity index (χ4n) is 11.6. The molecule has 0 bridgehead atoms. The van der Waals surface area contributed by atoms with Crippen LogP contribution in [0.4, 0.5) is 5.69 Å². The average molecular weight is 508 g/mol. The Labute approximate surface area is 223 Å². The van der Waals surface area contributed by atoms with E-state index in [0.717, 1.165) is 35.3 Å². The van der Waals surface area contributed by atoms with Crippen molar-refractivity contribution in [3.63, 3.8) is 0 Å². The molecular formula is C33H49NOS. The van der Waals surface area contributed by atoms with E-state index < -0.39 is 11.0 Å². The Bertz CT molecular complexity index is 1090. The Morgan fingerprint density at radius 3 is 2.44 bits per heavy atom. The number of rotatable bonds is 3. The molecule has 1 aromatic rings. The number of hydrogen-bond donors (Lipinski definition) is 1. The van der Waals surface area contributed by atoms with Gasteiger partial charge in [0.05, 0.1) is 0 Å². The van der Waals surface area contributed by atoms with Crippen molar-refractivity contribution in [1.82, 2.24) is 0 Å². The molecule has 0 aromatic heterocycles. The lowest BCUT2D eigenvalue weighted by Gasteiger charge is -2.68. The first kappa shape index (κ1) is 25.2. The maximum absolute atomic E-state index is 11.8. The topological polar surface area (TPSA) is 29.1 Å². The fraction of sp³-hybridized carbons (Fsp3) is 0.758. The maximum Gasteiger partial charge on any atom is 0.113 e. The van der Waals surface area contributed by atoms with Gasteiger partial charge in [-0.05, 0) is 132 Å². The second kappa shape index (κ2) is 8.45. The van der Waals surface area contributed by atoms with Crippen molar-refractivity contribution in [3.05, 3.63) is 35.9 Å². The molecule has 3 heteroatoms. The van der Waals surface area contributed by atoms with Gasteiger partial charge in [0.2, 0.25) is 0 Å². The number of fused-ring (bicyclic) bond motifs is 7. The zero-order valence-corrected chi connectivity index (χ0v) is 24.5. The van der Waals surface area contributed by atoms with Gasteiger partial charge in [-0.3, -0.25) is 0 Å². The van der Waals surface area contributed by atoms with Crippen LogP contribution in [0.3, 0.4) is 0 Å². The van der Waals surface area contributed by atoms with Crippen molar-refractivity contribution in [3.8, 4) is 0 Å². The molecule has 6 rings (SSSR count). The van der Waals surface area contributed by atoms with Gasteiger partial charge in [0.15, 0.2) is 0 Å². The van der Waals surface area contributed by atoms with Crippen LogP contribution in [0.2, 0.25) is 0 Å². The minimum Gasteiger partial charge on any atom is -0.305 e. The number of hydrogen-bond acceptors (Lipinski definition) is 1. The number of allylic oxidation sites excluding steroid dienone is 2. The highest BCUT2D eigenvalue weighted by Crippen LogP contribution is 2.73. The second-order valence-corrected chi connectivity index (χ2v) is 16.0. The van der Waals surface area contributed by atoms with Crippen molar-refractivity contribution in [2.45, 2.75) is 98.8 Å². The maximum atomic E-state index is 11.8. The van der Waals surface area contributed by atoms with Crippen LogP contribution in [0.1, 0.15) is 104 Å². The summed E-state index contributed by atoms with van der Waals surface area (Å²) in [6.45, 7) is 13.1. The lowest BCUT2D eigenvalue weighted by atomic mass is 9.36. The molecule has 5 unspecified atom stereocenters. The van der Waals surface area contributed by atoms with Crippen LogP contribution in [0.25, 0.3) is 5.57 Å². The van der Waals surface area contributed by atoms with E-state index in [1.54, 1.807) is 6.26 Å². The van der Waals surface area contributed by atoms with E-state index in [1.165, 1.54) is 75.3 Å². The SMILES string of the molecule is CS(=O)Nc1cccc(C2=CC[C@@]3(C)C(CC[C@@]4(C)C5CC[C@@]6(C)CCCC6[C@H]5CCC43)C2(C)C)c1. The summed E-state index contributed by atoms with van der Waals surface area (Å²) in [5, 5.41) is 0. The van der Waals surface area contributed by atoms with Gasteiger partial charge in [0, 0.05) is 11.9 Å². The standard InChI is InChI=1S/C33H49NOS/c1-30(2)25(22-9-7-10-23(21-22)34-36(6)35)15-19-33(5)28(30)16-20-32(4)27-14-18-31(3)17-8-11-26(31)24(27)12-13-29(32)33/h7,9-10,15,21,24,26-29,34H,8,11-14,16-20H2,1-6H3/t24-,26?,27?,28?,29?,31-,32+,33+,36?/m1/s1. The van der Waals surface area contributed by atoms with E-state index in [9.17, 15) is 4.21 Å². The molecule has 5 aliphatic rings. The van der Waals surface area contributed by atoms with Gasteiger partial charge >= 0.3 is 0 Å². The van der Waals surface area contributed by atoms with E-state index in [0.29, 0.717) is 16.2 Å². The van der Waals surface area contributed by atoms with E-state index >= 15 is 0 Å². The monoisotopic (exact) mass is 507 g/mol. The largest absolute Gasteiger partial charge is 0.305 e. The molecule has 0 saturated heterocycles. The van der Waals surface area contributed by atoms with Crippen LogP contribution < -0.4 is 4.72 Å². The van der Waals surface area contributed by atoms with E-state index in [1.807, 2.05) is 6.07 Å². The molecule has 36 heavy (non-hydrogen) atoms. The second-order valence-electron chi connectivity index (χ2n) is 14.9. The summed E-state index contributed by atoms with van der Waals surface area (Å²) in [5.74, 6) is 4.53. The predicted molar refractivity (Wildman–Crippen MR) is 154 cm³/mol. The van der Waals surface area contributed by atoms with Crippen LogP contribution >= 0.6 is 0 Å². The van der Waals surface area contributed by atoms with Crippen molar-refractivity contribution in [1.29, 1.82) is 0 Å². The summed E-state index contributed by atoms with van der Waals surface area (Å²) >= 11 is 0. The molecular weight excluding hydrogens is 458 g/mol. The molecule has 0 spiro atoms. The predicted octanol–water partition coefficient (Wildman–Crippen LogP) is 8.87. The third-order valence-electron chi connectivity index (χ3n) is 13.0. The summed E-state index contributed by atoms with van der Waals surface area (Å²) in [7, 11) is -1.05. The first-order valence-corrected chi connectivity index (χ1v) is 16.5. The Morgan fingerprint density at radius 2 is 1.67 bits per heavy atom. The van der Waals surface area contributed by atoms with Crippen molar-refractivity contribution >= 4 is 22.2 Å². The van der Waals surface area contributed by atoms with Crippen LogP contribution in [-0.4, -0.2) is 10.5 Å². The van der Waals surface area contributed by atoms with Gasteiger partial charge in [0.1, 0.15) is 11.0 Å². The number of benzene rings is 1. The molecule has 4 saturated carbocycles. The van der Waals surface area contributed by atoms with Crippen LogP contribution in [-0.2, 0) is 11.0 Å². The zero-order chi connectivity index (χ0) is 25.5. The van der Waals surface area contributed by atoms with Gasteiger partial charge in [-0.25, -0.2) is 4.21 Å². The van der Waals surface area contributed by atoms with Gasteiger partial charge in [0.25, 0.3) is 0 Å². The number of anilines is 1. The normalized spacial score (nSPS) is 45.9. The molecule has 5 aliphatic carbocycles. The van der Waals surface area contributed by atoms with Crippen LogP contribution in [0.5, 0.6) is 0 Å². The van der Waals surface area contributed by atoms with Gasteiger partial charge in [-0.2, -0.15) is 0 Å². The third-order valence-corrected chi connectivity index (χ3v) is 13.5. The summed E-state index contributed by atoms with van der Waals surface area (Å²) in [6, 6.07) is 8.64. The molecule has 4 fully saturated rings. The molecule has 1 N–H and O–H groups in total. The highest BCUT2D eigenvalue weighted by Gasteiger charge is 2.64. The Kier molecular flexibility index (Phi) is 5.92. The Hall–Kier alpha value is -1.09. The molecule has 2 nitrogen and oxygen atoms in total. The van der Waals surface area contributed by atoms with Crippen LogP contribution in [0, 0.1) is 51.2 Å². The summed E-state index contributed by atoms with van der Waals surface area (Å²) in [6.07, 6.45) is 18.8. The number of nitrogens with one attached hydrogen (secondary N) is 1. The van der Waals surface area contributed by atoms with E-state index in [4.69, 9.17) is 0 Å². The van der Waals surface area contributed by atoms with Gasteiger partial charge < -0.3 is 4.72 Å². The molecule has 1 aromatic carbocycles. The zero-order valence-electron chi connectivity index (χ0n) is 23.7. The summed E-state index contributed by atoms with van der Waals surface area (Å²) in [5.41, 5.74) is 5.49. The van der Waals surface area contributed by atoms with Crippen molar-refractivity contribution < 1.29 is 4.21 Å². The minimum atomic E-state index is -1.05. The Balaban J connectivity index is 1.32. The molecule has 9 atom stereocenters. The summed E-state index contributed by atoms with van der Waals surface area (Å²) in [4.78, 5) is 0. The third kappa shape index (κ3) is 3.57. The van der Waals surface area contributed by atoms with Crippen LogP contribution in [0.15, 0.2) is 30.3 Å². The van der Waals surface area contributed by atoms with Crippen molar-refractivity contribution in [2.75, 3.05) is 11.0 Å². The minimum absolute atomic E-state index is 0.145. The lowest BCUT2D eigenvalue weighted by Crippen LogP contribution is -2.60. The molecule has 0 radical (unpaired) electrons. The first-order chi connectivity index (χ1) is 17.0. The van der Waals surface area contributed by atoms with Crippen molar-refractivity contribution in [2.24, 2.45) is 51.2 Å². The van der Waals surface area contributed by atoms with E-state index in [2.05, 4.69) is 63.6 Å². The quantitative estimate of drug-likeness (QED) is 0.435. The smallest absolute Gasteiger partial charge is 0.113 e. The summed E-state index contributed by atoms with van der Waals surface area (Å²) < 4.78 is 14.9. The molecule has 0 heterocycles. The molecule has 198 valence electrons. The lowest BCUT2D eigenvalue weighted by molar-refractivity contribution is -0.176. The first-order valence-electron chi connectivity index (χ1n) is 14.9. The highest BCUT2D eigenvalue weighted by atomic mass is 32.2. The van der Waals surface area contributed by atoms with E-state index in [-0.39, 0.29) is 5.41 Å². The molecule has 0 amide bonds. The highest BCUT2D eigenvalue weighted by molar-refractivity contribution is 7.85. The fourth-order valence-corrected chi connectivity index (χ4v) is 12.0. The van der Waals surface area contributed by atoms with Gasteiger partial charge in [-0.15, -0.1) is 0 Å². The van der Waals surface area contributed by atoms with Gasteiger partial charge in [-0.1, -0.05) is 59.2 Å². The Morgan fingerprint density at radius 1 is 0.861 bits per heavy atom. The molecule has 0 aliphatic heterocycles. The average Bonchev–Trinajstić information content (AvgIpc) is 3.20.